The molecule has 1 aliphatic carbocycles. The van der Waals surface area contributed by atoms with Crippen LogP contribution in [0.4, 0.5) is 4.79 Å². The van der Waals surface area contributed by atoms with E-state index in [1.807, 2.05) is 25.7 Å². The van der Waals surface area contributed by atoms with Gasteiger partial charge >= 0.3 is 6.09 Å². The molecule has 0 heterocycles. The molecular weight excluding hydrogens is 166 g/mol. The van der Waals surface area contributed by atoms with Crippen LogP contribution in [0.2, 0.25) is 0 Å². The lowest BCUT2D eigenvalue weighted by molar-refractivity contribution is 0.0319. The van der Waals surface area contributed by atoms with Gasteiger partial charge < -0.3 is 9.64 Å². The number of nitrogens with zero attached hydrogens (tertiary/aromatic N) is 1. The summed E-state index contributed by atoms with van der Waals surface area (Å²) in [6.07, 6.45) is 3.27. The van der Waals surface area contributed by atoms with E-state index < -0.39 is 0 Å². The lowest BCUT2D eigenvalue weighted by Gasteiger charge is -2.44. The molecule has 0 aliphatic heterocycles. The van der Waals surface area contributed by atoms with Crippen LogP contribution in [0.1, 0.15) is 40.0 Å². The Morgan fingerprint density at radius 2 is 1.92 bits per heavy atom. The predicted octanol–water partition coefficient (Wildman–Crippen LogP) is 2.41. The van der Waals surface area contributed by atoms with Crippen LogP contribution in [0.15, 0.2) is 0 Å². The summed E-state index contributed by atoms with van der Waals surface area (Å²) in [5.41, 5.74) is -0.127. The van der Waals surface area contributed by atoms with Crippen LogP contribution in [-0.4, -0.2) is 29.7 Å². The molecule has 0 N–H and O–H groups in total. The molecule has 1 rings (SSSR count). The molecule has 13 heavy (non-hydrogen) atoms. The summed E-state index contributed by atoms with van der Waals surface area (Å²) in [5, 5.41) is 0. The highest BCUT2D eigenvalue weighted by Crippen LogP contribution is 2.30. The van der Waals surface area contributed by atoms with E-state index in [4.69, 9.17) is 4.74 Å². The smallest absolute Gasteiger partial charge is 0.410 e. The van der Waals surface area contributed by atoms with Gasteiger partial charge in [0.2, 0.25) is 0 Å². The standard InChI is InChI=1S/C10H19NO2/c1-10(2,3)11(9(12)13-4)8-6-5-7-8/h8H,5-7H2,1-4H3. The molecule has 0 aromatic rings. The van der Waals surface area contributed by atoms with Crippen LogP contribution in [0.5, 0.6) is 0 Å². The first-order valence-electron chi connectivity index (χ1n) is 4.84. The average Bonchev–Trinajstić information content (AvgIpc) is 1.92. The van der Waals surface area contributed by atoms with Crippen molar-refractivity contribution < 1.29 is 9.53 Å². The second kappa shape index (κ2) is 3.56. The van der Waals surface area contributed by atoms with E-state index in [1.54, 1.807) is 0 Å². The Hall–Kier alpha value is -0.730. The Bertz CT molecular complexity index is 192. The van der Waals surface area contributed by atoms with Crippen molar-refractivity contribution >= 4 is 6.09 Å². The molecule has 76 valence electrons. The number of carbonyl (C=O) groups is 1. The first kappa shape index (κ1) is 10.4. The predicted molar refractivity (Wildman–Crippen MR) is 51.6 cm³/mol. The number of rotatable bonds is 1. The van der Waals surface area contributed by atoms with Gasteiger partial charge in [0, 0.05) is 11.6 Å². The van der Waals surface area contributed by atoms with E-state index in [0.29, 0.717) is 6.04 Å². The lowest BCUT2D eigenvalue weighted by Crippen LogP contribution is -2.54. The molecule has 0 spiro atoms. The van der Waals surface area contributed by atoms with Crippen LogP contribution in [0.25, 0.3) is 0 Å². The lowest BCUT2D eigenvalue weighted by atomic mass is 9.88. The van der Waals surface area contributed by atoms with E-state index in [2.05, 4.69) is 0 Å². The largest absolute Gasteiger partial charge is 0.453 e. The average molecular weight is 185 g/mol. The summed E-state index contributed by atoms with van der Waals surface area (Å²) in [4.78, 5) is 13.4. The fraction of sp³-hybridized carbons (Fsp3) is 0.900. The van der Waals surface area contributed by atoms with Crippen molar-refractivity contribution in [1.29, 1.82) is 0 Å². The Labute approximate surface area is 80.1 Å². The summed E-state index contributed by atoms with van der Waals surface area (Å²) < 4.78 is 4.78. The Balaban J connectivity index is 2.69. The third-order valence-electron chi connectivity index (χ3n) is 2.53. The van der Waals surface area contributed by atoms with Crippen LogP contribution >= 0.6 is 0 Å². The van der Waals surface area contributed by atoms with Gasteiger partial charge in [-0.15, -0.1) is 0 Å². The van der Waals surface area contributed by atoms with E-state index in [0.717, 1.165) is 12.8 Å². The Kier molecular flexibility index (Phi) is 2.84. The summed E-state index contributed by atoms with van der Waals surface area (Å²) in [6.45, 7) is 6.13. The second-order valence-electron chi connectivity index (χ2n) is 4.60. The van der Waals surface area contributed by atoms with Gasteiger partial charge in [-0.25, -0.2) is 4.79 Å². The van der Waals surface area contributed by atoms with Gasteiger partial charge in [0.1, 0.15) is 0 Å². The van der Waals surface area contributed by atoms with Crippen molar-refractivity contribution in [2.45, 2.75) is 51.6 Å². The van der Waals surface area contributed by atoms with Gasteiger partial charge in [-0.3, -0.25) is 0 Å². The first-order chi connectivity index (χ1) is 5.96. The fourth-order valence-electron chi connectivity index (χ4n) is 1.71. The molecule has 0 unspecified atom stereocenters. The molecule has 3 nitrogen and oxygen atoms in total. The van der Waals surface area contributed by atoms with Gasteiger partial charge in [-0.05, 0) is 40.0 Å². The highest BCUT2D eigenvalue weighted by molar-refractivity contribution is 5.69. The Morgan fingerprint density at radius 3 is 2.15 bits per heavy atom. The van der Waals surface area contributed by atoms with E-state index in [9.17, 15) is 4.79 Å². The van der Waals surface area contributed by atoms with Crippen LogP contribution in [0, 0.1) is 0 Å². The quantitative estimate of drug-likeness (QED) is 0.627. The first-order valence-corrected chi connectivity index (χ1v) is 4.84. The molecule has 0 radical (unpaired) electrons. The monoisotopic (exact) mass is 185 g/mol. The zero-order valence-corrected chi connectivity index (χ0v) is 8.96. The highest BCUT2D eigenvalue weighted by atomic mass is 16.5. The summed E-state index contributed by atoms with van der Waals surface area (Å²) in [6, 6.07) is 0.396. The van der Waals surface area contributed by atoms with Gasteiger partial charge in [-0.2, -0.15) is 0 Å². The number of carbonyl (C=O) groups excluding carboxylic acids is 1. The molecule has 0 aromatic heterocycles. The van der Waals surface area contributed by atoms with Crippen molar-refractivity contribution in [3.8, 4) is 0 Å². The normalized spacial score (nSPS) is 17.8. The summed E-state index contributed by atoms with van der Waals surface area (Å²) >= 11 is 0. The molecule has 3 heteroatoms. The van der Waals surface area contributed by atoms with Crippen LogP contribution in [0.3, 0.4) is 0 Å². The van der Waals surface area contributed by atoms with Crippen molar-refractivity contribution in [1.82, 2.24) is 4.90 Å². The fourth-order valence-corrected chi connectivity index (χ4v) is 1.71. The van der Waals surface area contributed by atoms with Crippen molar-refractivity contribution in [2.75, 3.05) is 7.11 Å². The second-order valence-corrected chi connectivity index (χ2v) is 4.60. The highest BCUT2D eigenvalue weighted by Gasteiger charge is 2.36. The summed E-state index contributed by atoms with van der Waals surface area (Å²) in [7, 11) is 1.44. The van der Waals surface area contributed by atoms with Gasteiger partial charge in [0.05, 0.1) is 7.11 Å². The minimum atomic E-state index is -0.197. The maximum Gasteiger partial charge on any atom is 0.410 e. The minimum absolute atomic E-state index is 0.127. The Morgan fingerprint density at radius 1 is 1.38 bits per heavy atom. The van der Waals surface area contributed by atoms with Crippen LogP contribution in [-0.2, 0) is 4.74 Å². The van der Waals surface area contributed by atoms with Crippen LogP contribution < -0.4 is 0 Å². The maximum atomic E-state index is 11.5. The zero-order valence-electron chi connectivity index (χ0n) is 8.96. The third-order valence-corrected chi connectivity index (χ3v) is 2.53. The number of ether oxygens (including phenoxy) is 1. The number of hydrogen-bond donors (Lipinski definition) is 0. The van der Waals surface area contributed by atoms with Gasteiger partial charge in [0.15, 0.2) is 0 Å². The van der Waals surface area contributed by atoms with Crippen molar-refractivity contribution in [2.24, 2.45) is 0 Å². The van der Waals surface area contributed by atoms with E-state index in [-0.39, 0.29) is 11.6 Å². The topological polar surface area (TPSA) is 29.5 Å². The van der Waals surface area contributed by atoms with Gasteiger partial charge in [-0.1, -0.05) is 0 Å². The molecule has 1 aliphatic rings. The maximum absolute atomic E-state index is 11.5. The minimum Gasteiger partial charge on any atom is -0.453 e. The molecule has 1 fully saturated rings. The molecule has 0 bridgehead atoms. The van der Waals surface area contributed by atoms with E-state index in [1.165, 1.54) is 13.5 Å². The molecule has 0 aromatic carbocycles. The van der Waals surface area contributed by atoms with Crippen molar-refractivity contribution in [3.63, 3.8) is 0 Å². The third kappa shape index (κ3) is 2.14. The number of methoxy groups -OCH3 is 1. The summed E-state index contributed by atoms with van der Waals surface area (Å²) in [5.74, 6) is 0. The molecule has 1 saturated carbocycles. The van der Waals surface area contributed by atoms with E-state index >= 15 is 0 Å². The zero-order chi connectivity index (χ0) is 10.1. The molecule has 1 amide bonds. The number of hydrogen-bond acceptors (Lipinski definition) is 2. The van der Waals surface area contributed by atoms with Gasteiger partial charge in [0.25, 0.3) is 0 Å². The molecular formula is C10H19NO2. The molecule has 0 atom stereocenters. The SMILES string of the molecule is COC(=O)N(C1CCC1)C(C)(C)C. The van der Waals surface area contributed by atoms with Crippen molar-refractivity contribution in [3.05, 3.63) is 0 Å². The number of amides is 1. The molecule has 0 saturated heterocycles.